The number of hydrogen-bond acceptors (Lipinski definition) is 5. The molecule has 0 aliphatic carbocycles. The van der Waals surface area contributed by atoms with Gasteiger partial charge in [0.25, 0.3) is 0 Å². The number of phenolic OH excluding ortho intramolecular Hbond substituents is 1. The van der Waals surface area contributed by atoms with Gasteiger partial charge in [0, 0.05) is 31.3 Å². The van der Waals surface area contributed by atoms with E-state index in [1.807, 2.05) is 6.07 Å². The van der Waals surface area contributed by atoms with Crippen molar-refractivity contribution in [1.82, 2.24) is 4.90 Å². The second kappa shape index (κ2) is 7.19. The van der Waals surface area contributed by atoms with Gasteiger partial charge in [-0.15, -0.1) is 0 Å². The van der Waals surface area contributed by atoms with Gasteiger partial charge < -0.3 is 19.7 Å². The molecule has 2 aliphatic rings. The van der Waals surface area contributed by atoms with Gasteiger partial charge in [0.05, 0.1) is 14.2 Å². The predicted octanol–water partition coefficient (Wildman–Crippen LogP) is 2.74. The third kappa shape index (κ3) is 2.84. The van der Waals surface area contributed by atoms with Crippen molar-refractivity contribution >= 4 is 0 Å². The number of phenols is 1. The van der Waals surface area contributed by atoms with E-state index in [9.17, 15) is 10.2 Å². The fourth-order valence-corrected chi connectivity index (χ4v) is 4.61. The Morgan fingerprint density at radius 3 is 2.67 bits per heavy atom. The molecule has 1 aromatic rings. The zero-order valence-corrected chi connectivity index (χ0v) is 14.9. The topological polar surface area (TPSA) is 62.2 Å². The zero-order valence-electron chi connectivity index (χ0n) is 14.9. The van der Waals surface area contributed by atoms with E-state index in [0.717, 1.165) is 49.9 Å². The quantitative estimate of drug-likeness (QED) is 0.866. The second-order valence-electron chi connectivity index (χ2n) is 6.97. The molecule has 2 N–H and O–H groups in total. The Bertz CT molecular complexity index is 589. The number of benzene rings is 1. The number of piperidine rings is 1. The normalized spacial score (nSPS) is 26.6. The van der Waals surface area contributed by atoms with E-state index in [4.69, 9.17) is 9.47 Å². The van der Waals surface area contributed by atoms with Crippen LogP contribution in [0.5, 0.6) is 17.2 Å². The van der Waals surface area contributed by atoms with Crippen LogP contribution in [0.3, 0.4) is 0 Å². The summed E-state index contributed by atoms with van der Waals surface area (Å²) in [7, 11) is 3.16. The van der Waals surface area contributed by atoms with Crippen LogP contribution in [0.4, 0.5) is 0 Å². The molecule has 0 spiro atoms. The Balaban J connectivity index is 1.99. The van der Waals surface area contributed by atoms with Crippen LogP contribution in [-0.4, -0.2) is 49.0 Å². The maximum atomic E-state index is 10.6. The largest absolute Gasteiger partial charge is 0.504 e. The SMILES string of the molecule is CC[C@H]1CN2CCc3c(cc(OC)c(OC)c3O)[C@@H]2C[C@@H]1CCO. The highest BCUT2D eigenvalue weighted by atomic mass is 16.5. The third-order valence-corrected chi connectivity index (χ3v) is 5.92. The maximum Gasteiger partial charge on any atom is 0.203 e. The lowest BCUT2D eigenvalue weighted by Gasteiger charge is -2.47. The van der Waals surface area contributed by atoms with Crippen molar-refractivity contribution in [3.8, 4) is 17.2 Å². The van der Waals surface area contributed by atoms with Crippen LogP contribution in [-0.2, 0) is 6.42 Å². The highest BCUT2D eigenvalue weighted by Gasteiger charge is 2.39. The van der Waals surface area contributed by atoms with E-state index >= 15 is 0 Å². The third-order valence-electron chi connectivity index (χ3n) is 5.92. The number of fused-ring (bicyclic) bond motifs is 3. The number of aliphatic hydroxyl groups is 1. The molecule has 5 nitrogen and oxygen atoms in total. The van der Waals surface area contributed by atoms with E-state index in [1.165, 1.54) is 0 Å². The molecular formula is C19H29NO4. The Morgan fingerprint density at radius 1 is 1.25 bits per heavy atom. The van der Waals surface area contributed by atoms with Crippen LogP contribution in [0.25, 0.3) is 0 Å². The Morgan fingerprint density at radius 2 is 2.04 bits per heavy atom. The molecule has 0 unspecified atom stereocenters. The molecule has 0 saturated carbocycles. The number of ether oxygens (including phenoxy) is 2. The van der Waals surface area contributed by atoms with E-state index in [-0.39, 0.29) is 12.4 Å². The average Bonchev–Trinajstić information content (AvgIpc) is 2.61. The van der Waals surface area contributed by atoms with Crippen molar-refractivity contribution in [3.63, 3.8) is 0 Å². The molecule has 2 aliphatic heterocycles. The summed E-state index contributed by atoms with van der Waals surface area (Å²) < 4.78 is 10.8. The Hall–Kier alpha value is -1.46. The first-order valence-electron chi connectivity index (χ1n) is 8.96. The second-order valence-corrected chi connectivity index (χ2v) is 6.97. The van der Waals surface area contributed by atoms with Crippen LogP contribution >= 0.6 is 0 Å². The van der Waals surface area contributed by atoms with Gasteiger partial charge in [-0.2, -0.15) is 0 Å². The average molecular weight is 335 g/mol. The first kappa shape index (κ1) is 17.4. The molecule has 3 rings (SSSR count). The van der Waals surface area contributed by atoms with E-state index < -0.39 is 0 Å². The molecule has 1 saturated heterocycles. The molecule has 1 fully saturated rings. The van der Waals surface area contributed by atoms with Gasteiger partial charge in [0.1, 0.15) is 0 Å². The Labute approximate surface area is 144 Å². The van der Waals surface area contributed by atoms with E-state index in [2.05, 4.69) is 11.8 Å². The molecule has 24 heavy (non-hydrogen) atoms. The molecule has 2 heterocycles. The molecule has 0 amide bonds. The number of aromatic hydroxyl groups is 1. The van der Waals surface area contributed by atoms with Crippen LogP contribution < -0.4 is 9.47 Å². The van der Waals surface area contributed by atoms with Crippen LogP contribution in [0.15, 0.2) is 6.07 Å². The van der Waals surface area contributed by atoms with Gasteiger partial charge in [0.15, 0.2) is 11.5 Å². The molecule has 3 atom stereocenters. The first-order valence-corrected chi connectivity index (χ1v) is 8.96. The minimum absolute atomic E-state index is 0.225. The molecule has 1 aromatic carbocycles. The van der Waals surface area contributed by atoms with Gasteiger partial charge in [-0.25, -0.2) is 0 Å². The minimum Gasteiger partial charge on any atom is -0.504 e. The molecule has 134 valence electrons. The standard InChI is InChI=1S/C19H29NO4/c1-4-12-11-20-7-5-14-15(16(20)9-13(12)6-8-21)10-17(23-2)19(24-3)18(14)22/h10,12-13,16,21-22H,4-9,11H2,1-3H3/t12-,13-,16-/m0/s1. The number of nitrogens with zero attached hydrogens (tertiary/aromatic N) is 1. The summed E-state index contributed by atoms with van der Waals surface area (Å²) in [6, 6.07) is 2.33. The highest BCUT2D eigenvalue weighted by Crippen LogP contribution is 2.49. The number of aliphatic hydroxyl groups excluding tert-OH is 1. The summed E-state index contributed by atoms with van der Waals surface area (Å²) >= 11 is 0. The van der Waals surface area contributed by atoms with Gasteiger partial charge in [-0.05, 0) is 42.7 Å². The van der Waals surface area contributed by atoms with Gasteiger partial charge >= 0.3 is 0 Å². The number of hydrogen-bond donors (Lipinski definition) is 2. The maximum absolute atomic E-state index is 10.6. The summed E-state index contributed by atoms with van der Waals surface area (Å²) in [5.41, 5.74) is 2.15. The smallest absolute Gasteiger partial charge is 0.203 e. The van der Waals surface area contributed by atoms with Crippen molar-refractivity contribution in [2.45, 2.75) is 38.6 Å². The minimum atomic E-state index is 0.225. The summed E-state index contributed by atoms with van der Waals surface area (Å²) in [6.45, 7) is 4.52. The summed E-state index contributed by atoms with van der Waals surface area (Å²) in [6.07, 6.45) is 3.87. The van der Waals surface area contributed by atoms with Crippen molar-refractivity contribution in [2.24, 2.45) is 11.8 Å². The van der Waals surface area contributed by atoms with Gasteiger partial charge in [-0.3, -0.25) is 4.90 Å². The number of methoxy groups -OCH3 is 2. The van der Waals surface area contributed by atoms with Gasteiger partial charge in [-0.1, -0.05) is 13.3 Å². The summed E-state index contributed by atoms with van der Waals surface area (Å²) in [5, 5.41) is 20.1. The van der Waals surface area contributed by atoms with Crippen molar-refractivity contribution in [3.05, 3.63) is 17.2 Å². The zero-order chi connectivity index (χ0) is 17.3. The van der Waals surface area contributed by atoms with Crippen molar-refractivity contribution < 1.29 is 19.7 Å². The first-order chi connectivity index (χ1) is 11.6. The van der Waals surface area contributed by atoms with E-state index in [1.54, 1.807) is 14.2 Å². The number of rotatable bonds is 5. The molecule has 0 radical (unpaired) electrons. The molecule has 0 aromatic heterocycles. The lowest BCUT2D eigenvalue weighted by molar-refractivity contribution is 0.0405. The lowest BCUT2D eigenvalue weighted by Crippen LogP contribution is -2.46. The monoisotopic (exact) mass is 335 g/mol. The molecule has 0 bridgehead atoms. The summed E-state index contributed by atoms with van der Waals surface area (Å²) in [5.74, 6) is 2.42. The molecule has 5 heteroatoms. The predicted molar refractivity (Wildman–Crippen MR) is 92.8 cm³/mol. The van der Waals surface area contributed by atoms with Crippen molar-refractivity contribution in [1.29, 1.82) is 0 Å². The fourth-order valence-electron chi connectivity index (χ4n) is 4.61. The fraction of sp³-hybridized carbons (Fsp3) is 0.684. The Kier molecular flexibility index (Phi) is 5.21. The van der Waals surface area contributed by atoms with Crippen LogP contribution in [0, 0.1) is 11.8 Å². The highest BCUT2D eigenvalue weighted by molar-refractivity contribution is 5.59. The van der Waals surface area contributed by atoms with Crippen molar-refractivity contribution in [2.75, 3.05) is 33.9 Å². The lowest BCUT2D eigenvalue weighted by atomic mass is 9.74. The molecular weight excluding hydrogens is 306 g/mol. The van der Waals surface area contributed by atoms with E-state index in [0.29, 0.717) is 29.4 Å². The van der Waals surface area contributed by atoms with Gasteiger partial charge in [0.2, 0.25) is 5.75 Å². The van der Waals surface area contributed by atoms with Crippen LogP contribution in [0.2, 0.25) is 0 Å². The van der Waals surface area contributed by atoms with Crippen LogP contribution in [0.1, 0.15) is 43.4 Å². The summed E-state index contributed by atoms with van der Waals surface area (Å²) in [4.78, 5) is 2.54.